The summed E-state index contributed by atoms with van der Waals surface area (Å²) in [6.45, 7) is 26.9. The minimum Gasteiger partial charge on any atom is -0.543 e. The summed E-state index contributed by atoms with van der Waals surface area (Å²) < 4.78 is 41.1. The molecule has 12 nitrogen and oxygen atoms in total. The van der Waals surface area contributed by atoms with Gasteiger partial charge in [0, 0.05) is 48.9 Å². The number of aromatic amines is 2. The van der Waals surface area contributed by atoms with Crippen molar-refractivity contribution >= 4 is 20.1 Å². The Morgan fingerprint density at radius 3 is 1.38 bits per heavy atom. The molecule has 2 aromatic carbocycles. The summed E-state index contributed by atoms with van der Waals surface area (Å²) in [7, 11) is 1.19. The summed E-state index contributed by atoms with van der Waals surface area (Å²) in [5.74, 6) is 3.65. The first-order chi connectivity index (χ1) is 28.4. The van der Waals surface area contributed by atoms with Gasteiger partial charge in [-0.05, 0) is 107 Å². The van der Waals surface area contributed by atoms with Gasteiger partial charge in [-0.1, -0.05) is 41.5 Å². The monoisotopic (exact) mass is 844 g/mol. The van der Waals surface area contributed by atoms with E-state index in [2.05, 4.69) is 86.6 Å². The standard InChI is InChI=1S/C28H44N2O4Si.C19H24N2O4/c1-17(2)35(18(3)4,19(5)6)34-25-14-23(13-24(15-25)32-20(7)16-31-10)26-11-12-27(30-26)28-29-21(8)22(9)33-28;1-11(10-23-4)24-16-8-14(7-15(22)9-16)17-5-6-18(21-17)19-20-12(2)13(3)25-19/h11-15,17-22,30H,16H2,1-10H3;5-9,11-13,21-22H,10H2,1-4H3/t20-,21+,22-;11-,12+,13-/m00/s1. The lowest BCUT2D eigenvalue weighted by Crippen LogP contribution is -2.50. The van der Waals surface area contributed by atoms with Gasteiger partial charge in [0.2, 0.25) is 11.8 Å². The maximum Gasteiger partial charge on any atom is 0.258 e. The molecule has 2 aliphatic heterocycles. The number of aliphatic imine (C=N–C) groups is 2. The quantitative estimate of drug-likeness (QED) is 0.0892. The molecule has 0 radical (unpaired) electrons. The summed E-state index contributed by atoms with van der Waals surface area (Å²) in [4.78, 5) is 16.0. The van der Waals surface area contributed by atoms with E-state index in [-0.39, 0.29) is 42.2 Å². The number of H-pyrrole nitrogens is 2. The van der Waals surface area contributed by atoms with E-state index in [1.165, 1.54) is 0 Å². The molecule has 4 heterocycles. The zero-order chi connectivity index (χ0) is 43.9. The molecule has 0 spiro atoms. The summed E-state index contributed by atoms with van der Waals surface area (Å²) in [6.07, 6.45) is -0.0291. The Kier molecular flexibility index (Phi) is 15.6. The van der Waals surface area contributed by atoms with Crippen LogP contribution in [-0.4, -0.2) is 99.1 Å². The second kappa shape index (κ2) is 20.2. The lowest BCUT2D eigenvalue weighted by atomic mass is 10.1. The van der Waals surface area contributed by atoms with Crippen LogP contribution < -0.4 is 13.9 Å². The summed E-state index contributed by atoms with van der Waals surface area (Å²) in [5.41, 5.74) is 6.79. The van der Waals surface area contributed by atoms with Crippen LogP contribution >= 0.6 is 0 Å². The minimum absolute atomic E-state index is 0.0739. The van der Waals surface area contributed by atoms with Crippen LogP contribution in [0.3, 0.4) is 0 Å². The van der Waals surface area contributed by atoms with Crippen molar-refractivity contribution in [2.45, 2.75) is 136 Å². The molecule has 6 rings (SSSR count). The predicted molar refractivity (Wildman–Crippen MR) is 243 cm³/mol. The Balaban J connectivity index is 0.000000240. The highest BCUT2D eigenvalue weighted by Crippen LogP contribution is 2.44. The van der Waals surface area contributed by atoms with Crippen molar-refractivity contribution in [2.75, 3.05) is 27.4 Å². The SMILES string of the molecule is COC[C@H](C)Oc1cc(O)cc(-c2ccc(C3=N[C@H](C)[C@H](C)O3)[nH]2)c1.COC[C@H](C)Oc1cc(O[Si](C(C)C)(C(C)C)C(C)C)cc(-c2ccc(C3=N[C@H](C)[C@H](C)O3)[nH]2)c1. The van der Waals surface area contributed by atoms with E-state index in [9.17, 15) is 5.11 Å². The van der Waals surface area contributed by atoms with Gasteiger partial charge in [-0.3, -0.25) is 0 Å². The van der Waals surface area contributed by atoms with E-state index >= 15 is 0 Å². The maximum atomic E-state index is 10.0. The first-order valence-electron chi connectivity index (χ1n) is 21.3. The molecule has 0 aliphatic carbocycles. The third kappa shape index (κ3) is 11.1. The molecule has 3 N–H and O–H groups in total. The number of hydrogen-bond donors (Lipinski definition) is 3. The number of rotatable bonds is 17. The largest absolute Gasteiger partial charge is 0.543 e. The van der Waals surface area contributed by atoms with Crippen LogP contribution in [0.5, 0.6) is 23.0 Å². The number of phenolic OH excluding ortho intramolecular Hbond substituents is 1. The van der Waals surface area contributed by atoms with Crippen LogP contribution in [0.4, 0.5) is 0 Å². The number of nitrogens with zero attached hydrogens (tertiary/aromatic N) is 2. The highest BCUT2D eigenvalue weighted by molar-refractivity contribution is 6.78. The Morgan fingerprint density at radius 2 is 0.983 bits per heavy atom. The van der Waals surface area contributed by atoms with Gasteiger partial charge in [0.25, 0.3) is 8.32 Å². The number of hydrogen-bond acceptors (Lipinski definition) is 10. The summed E-state index contributed by atoms with van der Waals surface area (Å²) in [5, 5.41) is 10.0. The van der Waals surface area contributed by atoms with E-state index in [4.69, 9.17) is 32.8 Å². The molecule has 60 heavy (non-hydrogen) atoms. The van der Waals surface area contributed by atoms with Crippen LogP contribution in [0.15, 0.2) is 70.6 Å². The van der Waals surface area contributed by atoms with Gasteiger partial charge in [0.15, 0.2) is 0 Å². The lowest BCUT2D eigenvalue weighted by Gasteiger charge is -2.42. The van der Waals surface area contributed by atoms with E-state index in [0.717, 1.165) is 45.4 Å². The molecule has 2 aliphatic rings. The molecule has 4 aromatic rings. The predicted octanol–water partition coefficient (Wildman–Crippen LogP) is 10.6. The molecular formula is C47H68N4O8Si. The Bertz CT molecular complexity index is 2050. The van der Waals surface area contributed by atoms with Gasteiger partial charge in [0.1, 0.15) is 58.8 Å². The fraction of sp³-hybridized carbons (Fsp3) is 0.532. The third-order valence-electron chi connectivity index (χ3n) is 11.3. The molecule has 0 fully saturated rings. The van der Waals surface area contributed by atoms with Gasteiger partial charge in [-0.25, -0.2) is 9.98 Å². The average Bonchev–Trinajstić information content (AvgIpc) is 3.98. The topological polar surface area (TPSA) is 141 Å². The minimum atomic E-state index is -2.13. The third-order valence-corrected chi connectivity index (χ3v) is 17.3. The first-order valence-corrected chi connectivity index (χ1v) is 23.5. The molecule has 328 valence electrons. The van der Waals surface area contributed by atoms with Crippen LogP contribution in [0, 0.1) is 0 Å². The maximum absolute atomic E-state index is 10.0. The zero-order valence-corrected chi connectivity index (χ0v) is 39.1. The number of methoxy groups -OCH3 is 2. The van der Waals surface area contributed by atoms with Crippen LogP contribution in [0.1, 0.15) is 94.5 Å². The van der Waals surface area contributed by atoms with Crippen molar-refractivity contribution in [3.05, 3.63) is 72.1 Å². The number of ether oxygens (including phenoxy) is 6. The summed E-state index contributed by atoms with van der Waals surface area (Å²) >= 11 is 0. The lowest BCUT2D eigenvalue weighted by molar-refractivity contribution is 0.0919. The molecule has 0 unspecified atom stereocenters. The van der Waals surface area contributed by atoms with Crippen molar-refractivity contribution in [3.63, 3.8) is 0 Å². The van der Waals surface area contributed by atoms with Crippen LogP contribution in [0.2, 0.25) is 16.6 Å². The highest BCUT2D eigenvalue weighted by atomic mass is 28.4. The van der Waals surface area contributed by atoms with Crippen molar-refractivity contribution in [2.24, 2.45) is 9.98 Å². The van der Waals surface area contributed by atoms with E-state index in [1.54, 1.807) is 26.4 Å². The van der Waals surface area contributed by atoms with E-state index in [1.807, 2.05) is 65.0 Å². The van der Waals surface area contributed by atoms with Crippen LogP contribution in [0.25, 0.3) is 22.5 Å². The molecule has 0 saturated carbocycles. The Hall–Kier alpha value is -4.72. The zero-order valence-electron chi connectivity index (χ0n) is 38.1. The molecule has 13 heteroatoms. The smallest absolute Gasteiger partial charge is 0.258 e. The second-order valence-corrected chi connectivity index (χ2v) is 22.5. The van der Waals surface area contributed by atoms with E-state index < -0.39 is 8.32 Å². The van der Waals surface area contributed by atoms with E-state index in [0.29, 0.717) is 47.4 Å². The normalized spacial score (nSPS) is 19.9. The average molecular weight is 845 g/mol. The Labute approximate surface area is 358 Å². The second-order valence-electron chi connectivity index (χ2n) is 17.2. The van der Waals surface area contributed by atoms with Crippen molar-refractivity contribution in [1.29, 1.82) is 0 Å². The Morgan fingerprint density at radius 1 is 0.583 bits per heavy atom. The molecule has 0 saturated heterocycles. The fourth-order valence-electron chi connectivity index (χ4n) is 8.05. The molecule has 2 aromatic heterocycles. The fourth-order valence-corrected chi connectivity index (χ4v) is 13.3. The molecular weight excluding hydrogens is 777 g/mol. The molecule has 0 amide bonds. The number of nitrogens with one attached hydrogen (secondary N) is 2. The van der Waals surface area contributed by atoms with Gasteiger partial charge in [-0.15, -0.1) is 0 Å². The first kappa shape index (κ1) is 46.3. The van der Waals surface area contributed by atoms with Crippen molar-refractivity contribution in [3.8, 4) is 45.5 Å². The van der Waals surface area contributed by atoms with Crippen LogP contribution in [-0.2, 0) is 18.9 Å². The van der Waals surface area contributed by atoms with Crippen molar-refractivity contribution in [1.82, 2.24) is 9.97 Å². The summed E-state index contributed by atoms with van der Waals surface area (Å²) in [6, 6.07) is 19.6. The van der Waals surface area contributed by atoms with Gasteiger partial charge in [-0.2, -0.15) is 0 Å². The highest BCUT2D eigenvalue weighted by Gasteiger charge is 2.47. The van der Waals surface area contributed by atoms with Gasteiger partial charge >= 0.3 is 0 Å². The molecule has 6 atom stereocenters. The number of phenols is 1. The molecule has 0 bridgehead atoms. The van der Waals surface area contributed by atoms with Gasteiger partial charge < -0.3 is 47.9 Å². The number of benzene rings is 2. The van der Waals surface area contributed by atoms with Crippen molar-refractivity contribution < 1.29 is 38.0 Å². The van der Waals surface area contributed by atoms with Gasteiger partial charge in [0.05, 0.1) is 25.3 Å². The number of aromatic hydroxyl groups is 1. The number of aromatic nitrogens is 2.